The molecule has 2 aromatic heterocycles. The number of Topliss-reactive ketones (excluding diaryl/α,β-unsaturated/α-hetero) is 2. The number of rotatable bonds is 10. The molecule has 2 aliphatic rings. The Hall–Kier alpha value is -1.92. The van der Waals surface area contributed by atoms with E-state index in [1.807, 2.05) is 0 Å². The Bertz CT molecular complexity index is 5000. The molecule has 0 bridgehead atoms. The van der Waals surface area contributed by atoms with E-state index in [2.05, 4.69) is 19.5 Å². The number of aromatic amines is 2. The van der Waals surface area contributed by atoms with Crippen LogP contribution in [0.25, 0.3) is 98.5 Å². The normalized spacial score (nSPS) is 13.5. The molecule has 12 rings (SSSR count). The van der Waals surface area contributed by atoms with Gasteiger partial charge >= 0.3 is 206 Å². The monoisotopic (exact) mass is 1240 g/mol. The molecule has 22 nitrogen and oxygen atoms in total. The number of carbonyl (C=O) groups is 3. The molecule has 1 amide bonds. The van der Waals surface area contributed by atoms with Crippen molar-refractivity contribution in [2.75, 3.05) is 0 Å². The van der Waals surface area contributed by atoms with E-state index in [4.69, 9.17) is 12.5 Å². The molecule has 0 atom stereocenters. The van der Waals surface area contributed by atoms with Crippen LogP contribution in [0.15, 0.2) is 109 Å². The van der Waals surface area contributed by atoms with E-state index >= 15 is 0 Å². The molecule has 2 heterocycles. The molecule has 0 radical (unpaired) electrons. The Labute approximate surface area is 615 Å². The van der Waals surface area contributed by atoms with Gasteiger partial charge in [-0.05, 0) is 64.7 Å². The number of H-pyrrole nitrogens is 2. The summed E-state index contributed by atoms with van der Waals surface area (Å²) in [6, 6.07) is 26.5. The molecule has 8 aromatic carbocycles. The predicted octanol–water partition coefficient (Wildman–Crippen LogP) is -7.55. The van der Waals surface area contributed by atoms with Crippen LogP contribution < -0.4 is 234 Å². The maximum atomic E-state index is 14.9. The van der Waals surface area contributed by atoms with Crippen molar-refractivity contribution in [2.24, 2.45) is 0 Å². The van der Waals surface area contributed by atoms with Crippen LogP contribution in [0.1, 0.15) is 32.7 Å². The molecule has 2 aliphatic carbocycles. The van der Waals surface area contributed by atoms with Gasteiger partial charge in [0.2, 0.25) is 0 Å². The molecule has 79 heavy (non-hydrogen) atoms. The Kier molecular flexibility index (Phi) is 18.5. The van der Waals surface area contributed by atoms with Crippen molar-refractivity contribution in [1.29, 1.82) is 0 Å². The third-order valence-corrected chi connectivity index (χ3v) is 14.5. The summed E-state index contributed by atoms with van der Waals surface area (Å²) < 4.78 is 165. The first kappa shape index (κ1) is 63.1. The van der Waals surface area contributed by atoms with E-state index in [1.165, 1.54) is 66.7 Å². The predicted molar refractivity (Wildman–Crippen MR) is 263 cm³/mol. The van der Waals surface area contributed by atoms with Gasteiger partial charge in [-0.25, -0.2) is 33.7 Å². The van der Waals surface area contributed by atoms with Crippen molar-refractivity contribution in [3.63, 3.8) is 0 Å². The summed E-state index contributed by atoms with van der Waals surface area (Å²) in [5, 5.41) is 5.04. The third-order valence-electron chi connectivity index (χ3n) is 13.0. The summed E-state index contributed by atoms with van der Waals surface area (Å²) >= 11 is 0. The zero-order valence-corrected chi connectivity index (χ0v) is 57.0. The fourth-order valence-electron chi connectivity index (χ4n) is 10.3. The maximum Gasteiger partial charge on any atom is 1.00 e. The molecule has 3 N–H and O–H groups in total. The number of nitrogens with one attached hydrogen (secondary N) is 3. The summed E-state index contributed by atoms with van der Waals surface area (Å²) in [6.45, 7) is 0. The largest absolute Gasteiger partial charge is 1.00 e. The standard InChI is InChI=1S/C49H29N3O19S4.4K/c53-35-19-34-39(48(71-75(65,66)67)27-9-5-4-8-26(27)47(34)70-74(62,63)64)46-40(35)41-38-28-13-11-23-16-31-30(37(69-73(59,60)61)20-36(54)43(31)52-49(55)21-6-2-1-3-7-21)18-29(23)42(28)50-44(38)33-17-24-14-25(68-72(56,57)58)12-10-22(24)15-32(33)45(41)51-46;;;;/h1-18,50-51H,19-20H2,(H,52,55)(H,56,57,58)(H,59,60,61)(H,62,63,64)(H,65,66,67);;;;/q;4*+1/p-4. The van der Waals surface area contributed by atoms with Crippen molar-refractivity contribution in [3.8, 4) is 28.5 Å². The van der Waals surface area contributed by atoms with Gasteiger partial charge in [0.05, 0.1) is 45.5 Å². The molecular weight excluding hydrogens is 1220 g/mol. The first-order valence-electron chi connectivity index (χ1n) is 21.7. The van der Waals surface area contributed by atoms with Gasteiger partial charge in [-0.2, -0.15) is 0 Å². The topological polar surface area (TPSA) is 361 Å². The van der Waals surface area contributed by atoms with Crippen LogP contribution in [0.3, 0.4) is 0 Å². The molecule has 10 aromatic rings. The van der Waals surface area contributed by atoms with E-state index in [1.54, 1.807) is 42.5 Å². The Morgan fingerprint density at radius 3 is 1.71 bits per heavy atom. The van der Waals surface area contributed by atoms with Gasteiger partial charge in [0.25, 0.3) is 47.5 Å². The van der Waals surface area contributed by atoms with Crippen molar-refractivity contribution in [1.82, 2.24) is 15.3 Å². The van der Waals surface area contributed by atoms with Gasteiger partial charge in [0, 0.05) is 71.1 Å². The molecule has 378 valence electrons. The second-order valence-corrected chi connectivity index (χ2v) is 21.3. The molecule has 0 unspecified atom stereocenters. The van der Waals surface area contributed by atoms with Crippen LogP contribution in [-0.4, -0.2) is 79.3 Å². The Morgan fingerprint density at radius 2 is 1.06 bits per heavy atom. The van der Waals surface area contributed by atoms with Gasteiger partial charge in [-0.3, -0.25) is 14.4 Å². The summed E-state index contributed by atoms with van der Waals surface area (Å²) in [4.78, 5) is 48.7. The molecule has 30 heteroatoms. The van der Waals surface area contributed by atoms with Gasteiger partial charge in [0.1, 0.15) is 11.5 Å². The van der Waals surface area contributed by atoms with Crippen LogP contribution >= 0.6 is 0 Å². The summed E-state index contributed by atoms with van der Waals surface area (Å²) in [7, 11) is -21.9. The molecule has 0 spiro atoms. The van der Waals surface area contributed by atoms with E-state index in [0.29, 0.717) is 37.7 Å². The SMILES string of the molecule is O=C1CC(OS(=O)(=O)[O-])=c2cc3c(ccc4c3[nH]c3c5cc6cc(OS(=O)(=O)[O-])ccc6cc5c5[nH]c6c(c5c43)C(=O)Cc3c-6c(OS(=O)(=O)[O-])c4ccccc4c3OS(=O)(=O)[O-])cc2=C1NC(=O)c1ccccc1.[K+].[K+].[K+].[K+]. The van der Waals surface area contributed by atoms with Crippen LogP contribution in [0.2, 0.25) is 0 Å². The number of fused-ring (bicyclic) bond motifs is 17. The fraction of sp³-hybridized carbons (Fsp3) is 0.0408. The molecule has 0 saturated carbocycles. The number of amides is 1. The first-order valence-corrected chi connectivity index (χ1v) is 27.0. The molecule has 0 aliphatic heterocycles. The van der Waals surface area contributed by atoms with Crippen LogP contribution in [0.5, 0.6) is 17.2 Å². The van der Waals surface area contributed by atoms with Crippen molar-refractivity contribution in [2.45, 2.75) is 12.8 Å². The Morgan fingerprint density at radius 1 is 0.481 bits per heavy atom. The molecular formula is C49H25K4N3O19S4. The first-order chi connectivity index (χ1) is 35.4. The van der Waals surface area contributed by atoms with Crippen molar-refractivity contribution < 1.29 is 289 Å². The Balaban J connectivity index is 0.00000205. The summed E-state index contributed by atoms with van der Waals surface area (Å²) in [5.74, 6) is -4.37. The minimum Gasteiger partial charge on any atom is -0.716 e. The number of benzene rings is 8. The molecule has 0 saturated heterocycles. The number of hydrogen-bond acceptors (Lipinski definition) is 19. The average Bonchev–Trinajstić information content (AvgIpc) is 4.00. The van der Waals surface area contributed by atoms with Crippen LogP contribution in [-0.2, 0) is 57.0 Å². The quantitative estimate of drug-likeness (QED) is 0.0496. The van der Waals surface area contributed by atoms with E-state index < -0.39 is 89.2 Å². The number of ketones is 2. The minimum atomic E-state index is -5.64. The number of aromatic nitrogens is 2. The van der Waals surface area contributed by atoms with Crippen LogP contribution in [0.4, 0.5) is 0 Å². The van der Waals surface area contributed by atoms with Gasteiger partial charge in [-0.1, -0.05) is 60.7 Å². The van der Waals surface area contributed by atoms with Crippen molar-refractivity contribution in [3.05, 3.63) is 136 Å². The zero-order valence-electron chi connectivity index (χ0n) is 41.2. The second-order valence-electron chi connectivity index (χ2n) is 17.4. The molecule has 0 fully saturated rings. The zero-order chi connectivity index (χ0) is 52.8. The second kappa shape index (κ2) is 23.2. The number of carbonyl (C=O) groups excluding carboxylic acids is 3. The minimum absolute atomic E-state index is 0. The van der Waals surface area contributed by atoms with Gasteiger partial charge < -0.3 is 50.2 Å². The fourth-order valence-corrected chi connectivity index (χ4v) is 11.8. The third kappa shape index (κ3) is 11.9. The van der Waals surface area contributed by atoms with Gasteiger partial charge in [0.15, 0.2) is 23.1 Å². The average molecular weight is 1240 g/mol. The summed E-state index contributed by atoms with van der Waals surface area (Å²) in [5.41, 5.74) is -0.290. The van der Waals surface area contributed by atoms with Crippen LogP contribution in [0, 0.1) is 0 Å². The van der Waals surface area contributed by atoms with E-state index in [0.717, 1.165) is 0 Å². The van der Waals surface area contributed by atoms with E-state index in [9.17, 15) is 66.3 Å². The van der Waals surface area contributed by atoms with E-state index in [-0.39, 0.29) is 293 Å². The maximum absolute atomic E-state index is 14.9. The number of hydrogen-bond donors (Lipinski definition) is 3. The van der Waals surface area contributed by atoms with Gasteiger partial charge in [-0.15, -0.1) is 0 Å². The smallest absolute Gasteiger partial charge is 0.716 e. The van der Waals surface area contributed by atoms with Crippen molar-refractivity contribution >= 4 is 146 Å². The summed E-state index contributed by atoms with van der Waals surface area (Å²) in [6.07, 6.45) is -1.52.